The van der Waals surface area contributed by atoms with Gasteiger partial charge < -0.3 is 9.84 Å². The number of aliphatic hydroxyl groups excluding tert-OH is 1. The topological polar surface area (TPSA) is 49.8 Å². The number of rotatable bonds is 7. The van der Waals surface area contributed by atoms with Gasteiger partial charge in [-0.2, -0.15) is 0 Å². The summed E-state index contributed by atoms with van der Waals surface area (Å²) in [6, 6.07) is 21.2. The van der Waals surface area contributed by atoms with Crippen LogP contribution in [0.2, 0.25) is 10.0 Å². The third-order valence-electron chi connectivity index (χ3n) is 7.48. The molecule has 36 heavy (non-hydrogen) atoms. The van der Waals surface area contributed by atoms with Crippen LogP contribution in [-0.2, 0) is 22.4 Å². The Labute approximate surface area is 222 Å². The Morgan fingerprint density at radius 1 is 0.944 bits per heavy atom. The summed E-state index contributed by atoms with van der Waals surface area (Å²) < 4.78 is 6.84. The first-order chi connectivity index (χ1) is 17.1. The normalized spacial score (nSPS) is 20.5. The molecule has 3 aromatic carbocycles. The van der Waals surface area contributed by atoms with Crippen molar-refractivity contribution in [2.24, 2.45) is 5.41 Å². The van der Waals surface area contributed by atoms with Gasteiger partial charge in [0.15, 0.2) is 5.72 Å². The van der Waals surface area contributed by atoms with Crippen LogP contribution in [0.25, 0.3) is 0 Å². The predicted molar refractivity (Wildman–Crippen MR) is 143 cm³/mol. The Bertz CT molecular complexity index is 1280. The maximum atomic E-state index is 14.2. The van der Waals surface area contributed by atoms with Gasteiger partial charge in [0.05, 0.1) is 13.2 Å². The lowest BCUT2D eigenvalue weighted by Gasteiger charge is -2.40. The van der Waals surface area contributed by atoms with Crippen molar-refractivity contribution in [2.75, 3.05) is 13.2 Å². The number of halogens is 2. The van der Waals surface area contributed by atoms with Gasteiger partial charge in [-0.05, 0) is 59.7 Å². The largest absolute Gasteiger partial charge is 0.396 e. The molecule has 0 radical (unpaired) electrons. The van der Waals surface area contributed by atoms with Crippen molar-refractivity contribution in [3.63, 3.8) is 0 Å². The Hall–Kier alpha value is -2.37. The number of aliphatic hydroxyl groups is 1. The first-order valence-electron chi connectivity index (χ1n) is 12.3. The van der Waals surface area contributed by atoms with Crippen molar-refractivity contribution in [1.29, 1.82) is 0 Å². The van der Waals surface area contributed by atoms with Gasteiger partial charge in [-0.3, -0.25) is 9.69 Å². The number of nitrogens with zero attached hydrogens (tertiary/aromatic N) is 1. The molecule has 1 aliphatic heterocycles. The van der Waals surface area contributed by atoms with Gasteiger partial charge in [-0.25, -0.2) is 0 Å². The maximum absolute atomic E-state index is 14.2. The van der Waals surface area contributed by atoms with E-state index >= 15 is 0 Å². The highest BCUT2D eigenvalue weighted by Gasteiger charge is 2.54. The van der Waals surface area contributed by atoms with Gasteiger partial charge in [0.2, 0.25) is 0 Å². The number of amides is 1. The average molecular weight is 524 g/mol. The van der Waals surface area contributed by atoms with Gasteiger partial charge in [-0.15, -0.1) is 0 Å². The van der Waals surface area contributed by atoms with E-state index in [1.165, 1.54) is 0 Å². The Balaban J connectivity index is 1.70. The second kappa shape index (κ2) is 9.18. The van der Waals surface area contributed by atoms with E-state index in [9.17, 15) is 9.90 Å². The summed E-state index contributed by atoms with van der Waals surface area (Å²) in [6.07, 6.45) is 1.81. The minimum Gasteiger partial charge on any atom is -0.396 e. The fourth-order valence-electron chi connectivity index (χ4n) is 4.88. The van der Waals surface area contributed by atoms with Crippen LogP contribution in [0.1, 0.15) is 66.2 Å². The molecule has 188 valence electrons. The zero-order valence-corrected chi connectivity index (χ0v) is 22.4. The summed E-state index contributed by atoms with van der Waals surface area (Å²) in [7, 11) is 0. The number of hydrogen-bond acceptors (Lipinski definition) is 3. The first kappa shape index (κ1) is 25.3. The molecule has 1 fully saturated rings. The lowest BCUT2D eigenvalue weighted by Crippen LogP contribution is -2.47. The predicted octanol–water partition coefficient (Wildman–Crippen LogP) is 6.94. The summed E-state index contributed by atoms with van der Waals surface area (Å²) in [5.41, 5.74) is 2.78. The highest BCUT2D eigenvalue weighted by molar-refractivity contribution is 6.30. The van der Waals surface area contributed by atoms with Gasteiger partial charge in [-0.1, -0.05) is 80.4 Å². The van der Waals surface area contributed by atoms with Crippen LogP contribution in [0.15, 0.2) is 66.7 Å². The monoisotopic (exact) mass is 523 g/mol. The van der Waals surface area contributed by atoms with Crippen molar-refractivity contribution in [1.82, 2.24) is 4.90 Å². The van der Waals surface area contributed by atoms with Crippen LogP contribution in [0.3, 0.4) is 0 Å². The van der Waals surface area contributed by atoms with Crippen molar-refractivity contribution < 1.29 is 14.6 Å². The minimum atomic E-state index is -1.15. The molecule has 3 aromatic rings. The molecule has 1 saturated carbocycles. The molecule has 4 nitrogen and oxygen atoms in total. The van der Waals surface area contributed by atoms with Crippen molar-refractivity contribution in [3.05, 3.63) is 105 Å². The van der Waals surface area contributed by atoms with Gasteiger partial charge in [0.25, 0.3) is 5.91 Å². The SMILES string of the molecule is CC(C)(C)c1ccc2c(c1)C(=O)N(Cc1ccc(Cl)cc1)C2(OCC1(CO)CC1)c1ccc(Cl)cc1. The number of fused-ring (bicyclic) bond motifs is 1. The van der Waals surface area contributed by atoms with Crippen LogP contribution >= 0.6 is 23.2 Å². The van der Waals surface area contributed by atoms with Crippen LogP contribution in [0.5, 0.6) is 0 Å². The zero-order valence-electron chi connectivity index (χ0n) is 20.9. The lowest BCUT2D eigenvalue weighted by molar-refractivity contribution is -0.128. The zero-order chi connectivity index (χ0) is 25.7. The molecule has 1 aliphatic carbocycles. The van der Waals surface area contributed by atoms with Crippen molar-refractivity contribution in [2.45, 2.75) is 51.3 Å². The van der Waals surface area contributed by atoms with E-state index in [0.717, 1.165) is 35.1 Å². The summed E-state index contributed by atoms with van der Waals surface area (Å²) in [4.78, 5) is 16.0. The van der Waals surface area contributed by atoms with Crippen LogP contribution < -0.4 is 0 Å². The molecule has 2 aliphatic rings. The molecule has 1 N–H and O–H groups in total. The lowest BCUT2D eigenvalue weighted by atomic mass is 9.84. The number of carbonyl (C=O) groups is 1. The highest BCUT2D eigenvalue weighted by Crippen LogP contribution is 2.51. The average Bonchev–Trinajstić information content (AvgIpc) is 3.60. The minimum absolute atomic E-state index is 0.0602. The summed E-state index contributed by atoms with van der Waals surface area (Å²) in [6.45, 7) is 7.16. The molecule has 0 spiro atoms. The van der Waals surface area contributed by atoms with E-state index in [1.54, 1.807) is 0 Å². The van der Waals surface area contributed by atoms with Crippen LogP contribution in [-0.4, -0.2) is 29.1 Å². The third kappa shape index (κ3) is 4.45. The highest BCUT2D eigenvalue weighted by atomic mass is 35.5. The van der Waals surface area contributed by atoms with Crippen LogP contribution in [0, 0.1) is 5.41 Å². The molecule has 0 saturated heterocycles. The van der Waals surface area contributed by atoms with Crippen molar-refractivity contribution >= 4 is 29.1 Å². The second-order valence-corrected chi connectivity index (χ2v) is 12.0. The smallest absolute Gasteiger partial charge is 0.257 e. The third-order valence-corrected chi connectivity index (χ3v) is 7.98. The van der Waals surface area contributed by atoms with E-state index in [0.29, 0.717) is 28.8 Å². The molecule has 1 atom stereocenters. The van der Waals surface area contributed by atoms with E-state index in [4.69, 9.17) is 27.9 Å². The van der Waals surface area contributed by atoms with Gasteiger partial charge >= 0.3 is 0 Å². The number of carbonyl (C=O) groups excluding carboxylic acids is 1. The van der Waals surface area contributed by atoms with E-state index in [-0.39, 0.29) is 23.3 Å². The molecule has 0 aromatic heterocycles. The van der Waals surface area contributed by atoms with E-state index in [1.807, 2.05) is 65.6 Å². The molecule has 1 unspecified atom stereocenters. The molecule has 1 heterocycles. The molecular formula is C30H31Cl2NO3. The summed E-state index contributed by atoms with van der Waals surface area (Å²) in [5, 5.41) is 11.3. The first-order valence-corrected chi connectivity index (χ1v) is 13.1. The van der Waals surface area contributed by atoms with Gasteiger partial charge in [0, 0.05) is 38.7 Å². The number of ether oxygens (including phenoxy) is 1. The Morgan fingerprint density at radius 2 is 1.56 bits per heavy atom. The van der Waals surface area contributed by atoms with Crippen LogP contribution in [0.4, 0.5) is 0 Å². The molecule has 6 heteroatoms. The fraction of sp³-hybridized carbons (Fsp3) is 0.367. The Morgan fingerprint density at radius 3 is 2.11 bits per heavy atom. The van der Waals surface area contributed by atoms with Crippen molar-refractivity contribution in [3.8, 4) is 0 Å². The fourth-order valence-corrected chi connectivity index (χ4v) is 5.13. The number of benzene rings is 3. The standard InChI is InChI=1S/C30H31Cl2NO3/c1-28(2,3)22-8-13-26-25(16-22)27(35)33(17-20-4-9-23(31)10-5-20)30(26,21-6-11-24(32)12-7-21)36-19-29(18-34)14-15-29/h4-13,16,34H,14-15,17-19H2,1-3H3. The second-order valence-electron chi connectivity index (χ2n) is 11.1. The molecular weight excluding hydrogens is 493 g/mol. The van der Waals surface area contributed by atoms with E-state index in [2.05, 4.69) is 26.8 Å². The van der Waals surface area contributed by atoms with Gasteiger partial charge in [0.1, 0.15) is 0 Å². The molecule has 5 rings (SSSR count). The number of hydrogen-bond donors (Lipinski definition) is 1. The summed E-state index contributed by atoms with van der Waals surface area (Å²) in [5.74, 6) is -0.0881. The maximum Gasteiger partial charge on any atom is 0.257 e. The molecule has 1 amide bonds. The quantitative estimate of drug-likeness (QED) is 0.364. The Kier molecular flexibility index (Phi) is 6.45. The summed E-state index contributed by atoms with van der Waals surface area (Å²) >= 11 is 12.4. The molecule has 0 bridgehead atoms. The van der Waals surface area contributed by atoms with E-state index < -0.39 is 5.72 Å².